The predicted octanol–water partition coefficient (Wildman–Crippen LogP) is 4.72. The number of alkyl halides is 3. The number of nitrogens with zero attached hydrogens (tertiary/aromatic N) is 4. The number of aromatic nitrogens is 4. The first-order valence-corrected chi connectivity index (χ1v) is 17.5. The van der Waals surface area contributed by atoms with E-state index < -0.39 is 66.3 Å². The van der Waals surface area contributed by atoms with Crippen LogP contribution >= 0.6 is 0 Å². The minimum atomic E-state index is -5.34. The quantitative estimate of drug-likeness (QED) is 0.120. The topological polar surface area (TPSA) is 214 Å². The highest BCUT2D eigenvalue weighted by Gasteiger charge is 2.43. The molecule has 0 saturated carbocycles. The van der Waals surface area contributed by atoms with Crippen molar-refractivity contribution in [3.05, 3.63) is 112 Å². The number of hydrogen-bond acceptors (Lipinski definition) is 10. The van der Waals surface area contributed by atoms with Gasteiger partial charge in [-0.05, 0) is 52.9 Å². The Morgan fingerprint density at radius 1 is 0.930 bits per heavy atom. The zero-order valence-electron chi connectivity index (χ0n) is 30.3. The van der Waals surface area contributed by atoms with E-state index in [4.69, 9.17) is 4.74 Å². The van der Waals surface area contributed by atoms with Crippen LogP contribution in [0.3, 0.4) is 0 Å². The summed E-state index contributed by atoms with van der Waals surface area (Å²) < 4.78 is 47.0. The molecule has 2 aromatic heterocycles. The van der Waals surface area contributed by atoms with Gasteiger partial charge >= 0.3 is 24.0 Å². The summed E-state index contributed by atoms with van der Waals surface area (Å²) in [5.74, 6) is -6.65. The number of nitrogens with one attached hydrogen (secondary N) is 3. The fraction of sp³-hybridized carbons (Fsp3) is 0.256. The van der Waals surface area contributed by atoms with Crippen LogP contribution in [0.15, 0.2) is 83.8 Å². The molecule has 1 atom stereocenters. The first-order chi connectivity index (χ1) is 27.1. The number of fused-ring (bicyclic) bond motifs is 4. The molecule has 5 aromatic rings. The molecular weight excluding hydrogens is 751 g/mol. The van der Waals surface area contributed by atoms with E-state index in [2.05, 4.69) is 30.6 Å². The maximum Gasteiger partial charge on any atom is 0.471 e. The highest BCUT2D eigenvalue weighted by atomic mass is 19.4. The van der Waals surface area contributed by atoms with Gasteiger partial charge in [-0.25, -0.2) is 14.8 Å². The third kappa shape index (κ3) is 8.95. The number of halogens is 3. The van der Waals surface area contributed by atoms with Gasteiger partial charge in [0.1, 0.15) is 12.6 Å². The number of carboxylic acids is 1. The van der Waals surface area contributed by atoms with Crippen LogP contribution in [0.2, 0.25) is 0 Å². The number of carboxylic acid groups (broad SMARTS) is 1. The van der Waals surface area contributed by atoms with Gasteiger partial charge in [-0.3, -0.25) is 39.2 Å². The average Bonchev–Trinajstić information content (AvgIpc) is 3.50. The molecule has 57 heavy (non-hydrogen) atoms. The van der Waals surface area contributed by atoms with E-state index in [0.717, 1.165) is 52.7 Å². The molecule has 0 aliphatic heterocycles. The molecule has 1 aliphatic carbocycles. The highest BCUT2D eigenvalue weighted by molar-refractivity contribution is 6.00. The largest absolute Gasteiger partial charge is 0.481 e. The highest BCUT2D eigenvalue weighted by Crippen LogP contribution is 2.44. The lowest BCUT2D eigenvalue weighted by molar-refractivity contribution is -0.170. The van der Waals surface area contributed by atoms with E-state index in [1.807, 2.05) is 48.5 Å². The standard InChI is InChI=1S/C39H34F3N7O8/c1-20(2)33(52)47-38-46-32-31(35(54)48-38)44-22(17-43-32)18-49(37(56)39(40,41)42)23-13-11-21(12-14-23)34(53)45-29(15-16-30(50)51)36(55)57-19-28-26-9-5-3-7-24(26)25-8-4-6-10-27(25)28/h3-14,17,20,28-29H,15-16,18-19H2,1-2H3,(H,45,53)(H,50,51)(H2,43,46,47,48,52,54)/t29-/m0/s1. The summed E-state index contributed by atoms with van der Waals surface area (Å²) in [6, 6.07) is 18.2. The lowest BCUT2D eigenvalue weighted by Gasteiger charge is -2.24. The fourth-order valence-corrected chi connectivity index (χ4v) is 6.20. The number of anilines is 2. The molecule has 6 rings (SSSR count). The van der Waals surface area contributed by atoms with Gasteiger partial charge in [0.05, 0.1) is 18.4 Å². The van der Waals surface area contributed by atoms with E-state index in [-0.39, 0.29) is 53.0 Å². The SMILES string of the molecule is CC(C)C(=O)Nc1nc2ncc(CN(C(=O)C(F)(F)F)c3ccc(C(=O)N[C@@H](CCC(=O)O)C(=O)OCC4c5ccccc5-c5ccccc54)cc3)nc2c(=O)[nH]1. The monoisotopic (exact) mass is 785 g/mol. The molecule has 15 nitrogen and oxygen atoms in total. The summed E-state index contributed by atoms with van der Waals surface area (Å²) in [5.41, 5.74) is 1.76. The van der Waals surface area contributed by atoms with Crippen molar-refractivity contribution < 1.29 is 47.0 Å². The Hall–Kier alpha value is -6.98. The van der Waals surface area contributed by atoms with E-state index in [1.54, 1.807) is 13.8 Å². The smallest absolute Gasteiger partial charge is 0.471 e. The molecule has 18 heteroatoms. The molecule has 0 radical (unpaired) electrons. The van der Waals surface area contributed by atoms with Crippen LogP contribution in [-0.4, -0.2) is 73.5 Å². The van der Waals surface area contributed by atoms with E-state index >= 15 is 0 Å². The van der Waals surface area contributed by atoms with Gasteiger partial charge in [-0.2, -0.15) is 18.2 Å². The molecular formula is C39H34F3N7O8. The zero-order valence-corrected chi connectivity index (χ0v) is 30.3. The van der Waals surface area contributed by atoms with Crippen LogP contribution in [0.5, 0.6) is 0 Å². The number of esters is 1. The Labute approximate surface area is 321 Å². The molecule has 4 N–H and O–H groups in total. The van der Waals surface area contributed by atoms with Crippen LogP contribution in [-0.2, 0) is 30.5 Å². The number of ether oxygens (including phenoxy) is 1. The van der Waals surface area contributed by atoms with Gasteiger partial charge in [0.25, 0.3) is 11.5 Å². The van der Waals surface area contributed by atoms with Gasteiger partial charge in [-0.1, -0.05) is 62.4 Å². The van der Waals surface area contributed by atoms with Gasteiger partial charge < -0.3 is 15.2 Å². The minimum Gasteiger partial charge on any atom is -0.481 e. The Bertz CT molecular complexity index is 2390. The van der Waals surface area contributed by atoms with Crippen molar-refractivity contribution in [3.8, 4) is 11.1 Å². The third-order valence-electron chi connectivity index (χ3n) is 9.07. The van der Waals surface area contributed by atoms with Crippen molar-refractivity contribution in [1.82, 2.24) is 25.3 Å². The second-order valence-corrected chi connectivity index (χ2v) is 13.3. The average molecular weight is 786 g/mol. The first kappa shape index (κ1) is 39.7. The third-order valence-corrected chi connectivity index (χ3v) is 9.07. The Morgan fingerprint density at radius 3 is 2.16 bits per heavy atom. The number of H-pyrrole nitrogens is 1. The number of amides is 3. The molecule has 3 aromatic carbocycles. The molecule has 0 unspecified atom stereocenters. The van der Waals surface area contributed by atoms with Gasteiger partial charge in [0.15, 0.2) is 11.2 Å². The normalized spacial score (nSPS) is 12.7. The molecule has 294 valence electrons. The van der Waals surface area contributed by atoms with E-state index in [0.29, 0.717) is 4.90 Å². The number of rotatable bonds is 13. The summed E-state index contributed by atoms with van der Waals surface area (Å²) in [4.78, 5) is 90.1. The second kappa shape index (κ2) is 16.4. The molecule has 0 saturated heterocycles. The molecule has 1 aliphatic rings. The minimum absolute atomic E-state index is 0.0892. The summed E-state index contributed by atoms with van der Waals surface area (Å²) in [6.45, 7) is 2.34. The number of aliphatic carboxylic acids is 1. The number of carbonyl (C=O) groups is 5. The van der Waals surface area contributed by atoms with Gasteiger partial charge in [0.2, 0.25) is 11.9 Å². The van der Waals surface area contributed by atoms with Crippen LogP contribution < -0.4 is 21.1 Å². The molecule has 3 amide bonds. The molecule has 0 spiro atoms. The van der Waals surface area contributed by atoms with Crippen molar-refractivity contribution in [2.45, 2.75) is 51.4 Å². The van der Waals surface area contributed by atoms with Crippen LogP contribution in [0, 0.1) is 5.92 Å². The molecule has 0 bridgehead atoms. The first-order valence-electron chi connectivity index (χ1n) is 17.5. The summed E-state index contributed by atoms with van der Waals surface area (Å²) in [6.07, 6.45) is -5.13. The maximum atomic E-state index is 13.8. The van der Waals surface area contributed by atoms with Crippen molar-refractivity contribution in [3.63, 3.8) is 0 Å². The van der Waals surface area contributed by atoms with Gasteiger partial charge in [0, 0.05) is 29.5 Å². The Morgan fingerprint density at radius 2 is 1.56 bits per heavy atom. The van der Waals surface area contributed by atoms with Crippen LogP contribution in [0.1, 0.15) is 59.8 Å². The van der Waals surface area contributed by atoms with E-state index in [9.17, 15) is 47.0 Å². The van der Waals surface area contributed by atoms with Crippen molar-refractivity contribution in [2.75, 3.05) is 16.8 Å². The Kier molecular flexibility index (Phi) is 11.4. The van der Waals surface area contributed by atoms with E-state index in [1.165, 1.54) is 0 Å². The number of aromatic amines is 1. The van der Waals surface area contributed by atoms with Crippen molar-refractivity contribution in [1.29, 1.82) is 0 Å². The molecule has 0 fully saturated rings. The summed E-state index contributed by atoms with van der Waals surface area (Å²) in [5, 5.41) is 14.2. The van der Waals surface area contributed by atoms with Gasteiger partial charge in [-0.15, -0.1) is 0 Å². The second-order valence-electron chi connectivity index (χ2n) is 13.3. The number of carbonyl (C=O) groups excluding carboxylic acids is 4. The maximum absolute atomic E-state index is 13.8. The van der Waals surface area contributed by atoms with Crippen LogP contribution in [0.4, 0.5) is 24.8 Å². The van der Waals surface area contributed by atoms with Crippen molar-refractivity contribution >= 4 is 52.5 Å². The van der Waals surface area contributed by atoms with Crippen LogP contribution in [0.25, 0.3) is 22.3 Å². The number of hydrogen-bond donors (Lipinski definition) is 4. The lowest BCUT2D eigenvalue weighted by Crippen LogP contribution is -2.42. The fourth-order valence-electron chi connectivity index (χ4n) is 6.20. The summed E-state index contributed by atoms with van der Waals surface area (Å²) in [7, 11) is 0. The summed E-state index contributed by atoms with van der Waals surface area (Å²) >= 11 is 0. The Balaban J connectivity index is 1.18. The predicted molar refractivity (Wildman–Crippen MR) is 198 cm³/mol. The number of benzene rings is 3. The lowest BCUT2D eigenvalue weighted by atomic mass is 9.98. The van der Waals surface area contributed by atoms with Crippen molar-refractivity contribution in [2.24, 2.45) is 5.92 Å². The zero-order chi connectivity index (χ0) is 41.0. The molecule has 2 heterocycles.